The van der Waals surface area contributed by atoms with Crippen LogP contribution in [0.2, 0.25) is 0 Å². The number of carbonyl (C=O) groups excluding carboxylic acids is 1. The van der Waals surface area contributed by atoms with E-state index in [4.69, 9.17) is 0 Å². The largest absolute Gasteiger partial charge is 0.376 e. The van der Waals surface area contributed by atoms with E-state index < -0.39 is 0 Å². The lowest BCUT2D eigenvalue weighted by Crippen LogP contribution is -2.08. The summed E-state index contributed by atoms with van der Waals surface area (Å²) in [6.07, 6.45) is 1.53. The summed E-state index contributed by atoms with van der Waals surface area (Å²) in [6.45, 7) is 0. The molecule has 13 heavy (non-hydrogen) atoms. The highest BCUT2D eigenvalue weighted by Crippen LogP contribution is 2.29. The monoisotopic (exact) mass is 240 g/mol. The molecule has 68 valence electrons. The van der Waals surface area contributed by atoms with Gasteiger partial charge < -0.3 is 4.90 Å². The zero-order valence-electron chi connectivity index (χ0n) is 7.41. The van der Waals surface area contributed by atoms with Crippen LogP contribution in [0.1, 0.15) is 0 Å². The van der Waals surface area contributed by atoms with Crippen molar-refractivity contribution in [1.29, 1.82) is 0 Å². The number of aliphatic imine (C=N–C) groups is 1. The molecule has 0 N–H and O–H groups in total. The number of hydrogen-bond donors (Lipinski definition) is 0. The van der Waals surface area contributed by atoms with Crippen LogP contribution in [0.15, 0.2) is 27.7 Å². The first kappa shape index (κ1) is 9.96. The summed E-state index contributed by atoms with van der Waals surface area (Å²) >= 11 is 3.31. The number of anilines is 1. The van der Waals surface area contributed by atoms with Crippen molar-refractivity contribution in [2.45, 2.75) is 0 Å². The summed E-state index contributed by atoms with van der Waals surface area (Å²) in [6, 6.07) is 5.57. The lowest BCUT2D eigenvalue weighted by molar-refractivity contribution is 0.565. The Hall–Kier alpha value is -1.12. The fourth-order valence-corrected chi connectivity index (χ4v) is 1.36. The summed E-state index contributed by atoms with van der Waals surface area (Å²) in [4.78, 5) is 15.6. The maximum absolute atomic E-state index is 10.1. The second-order valence-corrected chi connectivity index (χ2v) is 3.65. The summed E-state index contributed by atoms with van der Waals surface area (Å²) < 4.78 is 0.895. The van der Waals surface area contributed by atoms with E-state index in [2.05, 4.69) is 20.9 Å². The fraction of sp³-hybridized carbons (Fsp3) is 0.222. The lowest BCUT2D eigenvalue weighted by atomic mass is 10.2. The summed E-state index contributed by atoms with van der Waals surface area (Å²) in [5.74, 6) is 0. The lowest BCUT2D eigenvalue weighted by Gasteiger charge is -2.14. The molecule has 0 atom stereocenters. The number of halogens is 1. The second kappa shape index (κ2) is 4.21. The van der Waals surface area contributed by atoms with Crippen molar-refractivity contribution in [2.24, 2.45) is 4.99 Å². The van der Waals surface area contributed by atoms with Crippen molar-refractivity contribution in [1.82, 2.24) is 0 Å². The average Bonchev–Trinajstić information content (AvgIpc) is 2.04. The Labute approximate surface area is 85.2 Å². The van der Waals surface area contributed by atoms with E-state index in [9.17, 15) is 4.79 Å². The van der Waals surface area contributed by atoms with Gasteiger partial charge in [-0.15, -0.1) is 0 Å². The minimum Gasteiger partial charge on any atom is -0.376 e. The SMILES string of the molecule is CN(C)c1ccc(Br)cc1N=C=O. The molecule has 0 aromatic heterocycles. The first-order valence-electron chi connectivity index (χ1n) is 3.70. The fourth-order valence-electron chi connectivity index (χ4n) is 1.01. The number of benzene rings is 1. The smallest absolute Gasteiger partial charge is 0.240 e. The van der Waals surface area contributed by atoms with Crippen molar-refractivity contribution in [2.75, 3.05) is 19.0 Å². The standard InChI is InChI=1S/C9H9BrN2O/c1-12(2)9-4-3-7(10)5-8(9)11-6-13/h3-5H,1-2H3. The Morgan fingerprint density at radius 2 is 2.15 bits per heavy atom. The van der Waals surface area contributed by atoms with Gasteiger partial charge in [-0.2, -0.15) is 4.99 Å². The summed E-state index contributed by atoms with van der Waals surface area (Å²) in [5.41, 5.74) is 1.51. The van der Waals surface area contributed by atoms with Gasteiger partial charge in [-0.25, -0.2) is 4.79 Å². The predicted octanol–water partition coefficient (Wildman–Crippen LogP) is 2.48. The van der Waals surface area contributed by atoms with Crippen molar-refractivity contribution in [3.8, 4) is 0 Å². The van der Waals surface area contributed by atoms with E-state index in [1.54, 1.807) is 6.07 Å². The van der Waals surface area contributed by atoms with Crippen LogP contribution in [0.25, 0.3) is 0 Å². The van der Waals surface area contributed by atoms with Crippen molar-refractivity contribution in [3.63, 3.8) is 0 Å². The van der Waals surface area contributed by atoms with Crippen LogP contribution >= 0.6 is 15.9 Å². The Morgan fingerprint density at radius 1 is 1.46 bits per heavy atom. The highest BCUT2D eigenvalue weighted by Gasteiger charge is 2.03. The molecule has 0 aliphatic rings. The van der Waals surface area contributed by atoms with Crippen LogP contribution < -0.4 is 4.90 Å². The average molecular weight is 241 g/mol. The first-order valence-corrected chi connectivity index (χ1v) is 4.49. The van der Waals surface area contributed by atoms with Gasteiger partial charge in [0.15, 0.2) is 0 Å². The van der Waals surface area contributed by atoms with Gasteiger partial charge in [0.25, 0.3) is 0 Å². The molecule has 0 amide bonds. The molecule has 1 rings (SSSR count). The Kier molecular flexibility index (Phi) is 3.23. The van der Waals surface area contributed by atoms with Crippen molar-refractivity contribution < 1.29 is 4.79 Å². The van der Waals surface area contributed by atoms with Gasteiger partial charge in [0.1, 0.15) is 5.69 Å². The summed E-state index contributed by atoms with van der Waals surface area (Å²) in [5, 5.41) is 0. The van der Waals surface area contributed by atoms with Crippen LogP contribution in [0, 0.1) is 0 Å². The molecule has 0 saturated heterocycles. The molecule has 1 aromatic carbocycles. The predicted molar refractivity (Wildman–Crippen MR) is 56.3 cm³/mol. The zero-order chi connectivity index (χ0) is 9.84. The van der Waals surface area contributed by atoms with E-state index in [0.29, 0.717) is 5.69 Å². The Morgan fingerprint density at radius 3 is 2.69 bits per heavy atom. The third-order valence-electron chi connectivity index (χ3n) is 1.59. The molecule has 3 nitrogen and oxygen atoms in total. The quantitative estimate of drug-likeness (QED) is 0.588. The van der Waals surface area contributed by atoms with Gasteiger partial charge in [-0.05, 0) is 18.2 Å². The molecule has 0 heterocycles. The van der Waals surface area contributed by atoms with Crippen LogP contribution in [0.4, 0.5) is 11.4 Å². The van der Waals surface area contributed by atoms with Gasteiger partial charge in [-0.1, -0.05) is 15.9 Å². The topological polar surface area (TPSA) is 32.7 Å². The molecule has 1 aromatic rings. The van der Waals surface area contributed by atoms with E-state index in [0.717, 1.165) is 10.2 Å². The summed E-state index contributed by atoms with van der Waals surface area (Å²) in [7, 11) is 3.79. The van der Waals surface area contributed by atoms with Gasteiger partial charge in [-0.3, -0.25) is 0 Å². The molecule has 0 aliphatic carbocycles. The minimum absolute atomic E-state index is 0.620. The molecule has 0 bridgehead atoms. The van der Waals surface area contributed by atoms with E-state index in [1.807, 2.05) is 31.1 Å². The third-order valence-corrected chi connectivity index (χ3v) is 2.08. The molecule has 0 spiro atoms. The normalized spacial score (nSPS) is 9.15. The maximum atomic E-state index is 10.1. The van der Waals surface area contributed by atoms with Gasteiger partial charge in [0.2, 0.25) is 6.08 Å². The minimum atomic E-state index is 0.620. The molecule has 4 heteroatoms. The molecule has 0 radical (unpaired) electrons. The molecular formula is C9H9BrN2O. The van der Waals surface area contributed by atoms with Gasteiger partial charge in [0, 0.05) is 18.6 Å². The van der Waals surface area contributed by atoms with E-state index >= 15 is 0 Å². The second-order valence-electron chi connectivity index (χ2n) is 2.73. The molecule has 0 saturated carbocycles. The Balaban J connectivity index is 3.26. The van der Waals surface area contributed by atoms with E-state index in [1.165, 1.54) is 6.08 Å². The van der Waals surface area contributed by atoms with Crippen LogP contribution in [0.3, 0.4) is 0 Å². The number of nitrogens with zero attached hydrogens (tertiary/aromatic N) is 2. The molecular weight excluding hydrogens is 232 g/mol. The van der Waals surface area contributed by atoms with Crippen molar-refractivity contribution >= 4 is 33.4 Å². The third kappa shape index (κ3) is 2.41. The first-order chi connectivity index (χ1) is 6.15. The van der Waals surface area contributed by atoms with Gasteiger partial charge in [0.05, 0.1) is 5.69 Å². The Bertz CT molecular complexity index is 357. The van der Waals surface area contributed by atoms with E-state index in [-0.39, 0.29) is 0 Å². The molecule has 0 aliphatic heterocycles. The van der Waals surface area contributed by atoms with Crippen LogP contribution in [0.5, 0.6) is 0 Å². The molecule has 0 unspecified atom stereocenters. The zero-order valence-corrected chi connectivity index (χ0v) is 9.00. The molecule has 0 fully saturated rings. The van der Waals surface area contributed by atoms with Crippen LogP contribution in [-0.4, -0.2) is 20.2 Å². The highest BCUT2D eigenvalue weighted by atomic mass is 79.9. The highest BCUT2D eigenvalue weighted by molar-refractivity contribution is 9.10. The number of rotatable bonds is 2. The van der Waals surface area contributed by atoms with Crippen LogP contribution in [-0.2, 0) is 4.79 Å². The van der Waals surface area contributed by atoms with Gasteiger partial charge >= 0.3 is 0 Å². The number of hydrogen-bond acceptors (Lipinski definition) is 3. The number of isocyanates is 1. The maximum Gasteiger partial charge on any atom is 0.240 e. The van der Waals surface area contributed by atoms with Crippen molar-refractivity contribution in [3.05, 3.63) is 22.7 Å².